The van der Waals surface area contributed by atoms with E-state index < -0.39 is 21.9 Å². The smallest absolute Gasteiger partial charge is 0.242 e. The normalized spacial score (nSPS) is 12.6. The third-order valence-electron chi connectivity index (χ3n) is 5.11. The number of halogens is 1. The number of benzene rings is 2. The molecular formula is C22H24FN5O3S. The van der Waals surface area contributed by atoms with Crippen LogP contribution in [0.3, 0.4) is 0 Å². The van der Waals surface area contributed by atoms with Gasteiger partial charge in [0.1, 0.15) is 17.7 Å². The molecule has 1 atom stereocenters. The van der Waals surface area contributed by atoms with Crippen molar-refractivity contribution in [1.82, 2.24) is 19.2 Å². The number of aryl methyl sites for hydroxylation is 2. The molecule has 0 aliphatic heterocycles. The Hall–Kier alpha value is -3.29. The van der Waals surface area contributed by atoms with E-state index in [1.807, 2.05) is 17.6 Å². The van der Waals surface area contributed by atoms with E-state index >= 15 is 0 Å². The lowest BCUT2D eigenvalue weighted by Gasteiger charge is -2.12. The molecule has 0 unspecified atom stereocenters. The van der Waals surface area contributed by atoms with Crippen LogP contribution in [-0.2, 0) is 27.8 Å². The monoisotopic (exact) mass is 457 g/mol. The van der Waals surface area contributed by atoms with Crippen molar-refractivity contribution in [2.45, 2.75) is 37.2 Å². The Labute approximate surface area is 186 Å². The first-order valence-electron chi connectivity index (χ1n) is 10.0. The number of sulfonamides is 1. The van der Waals surface area contributed by atoms with Crippen molar-refractivity contribution in [2.75, 3.05) is 14.1 Å². The van der Waals surface area contributed by atoms with Gasteiger partial charge in [0, 0.05) is 33.5 Å². The van der Waals surface area contributed by atoms with Crippen LogP contribution in [0.5, 0.6) is 0 Å². The van der Waals surface area contributed by atoms with Crippen LogP contribution in [-0.4, -0.2) is 42.3 Å². The summed E-state index contributed by atoms with van der Waals surface area (Å²) in [6, 6.07) is 11.3. The van der Waals surface area contributed by atoms with Gasteiger partial charge in [0.25, 0.3) is 0 Å². The Morgan fingerprint density at radius 2 is 1.94 bits per heavy atom. The number of fused-ring (bicyclic) bond motifs is 1. The molecule has 0 bridgehead atoms. The minimum absolute atomic E-state index is 0.0888. The molecule has 1 amide bonds. The predicted molar refractivity (Wildman–Crippen MR) is 117 cm³/mol. The minimum atomic E-state index is -3.58. The Kier molecular flexibility index (Phi) is 6.91. The van der Waals surface area contributed by atoms with Gasteiger partial charge < -0.3 is 9.88 Å². The summed E-state index contributed by atoms with van der Waals surface area (Å²) < 4.78 is 41.0. The summed E-state index contributed by atoms with van der Waals surface area (Å²) >= 11 is 0. The molecule has 1 N–H and O–H groups in total. The van der Waals surface area contributed by atoms with Crippen LogP contribution < -0.4 is 5.32 Å². The largest absolute Gasteiger partial charge is 0.337 e. The first-order chi connectivity index (χ1) is 15.2. The molecule has 0 aliphatic rings. The fourth-order valence-electron chi connectivity index (χ4n) is 3.38. The summed E-state index contributed by atoms with van der Waals surface area (Å²) in [4.78, 5) is 17.1. The topological polar surface area (TPSA) is 108 Å². The van der Waals surface area contributed by atoms with E-state index in [-0.39, 0.29) is 17.2 Å². The number of nitriles is 1. The van der Waals surface area contributed by atoms with Crippen molar-refractivity contribution in [3.05, 3.63) is 59.7 Å². The number of rotatable bonds is 8. The Morgan fingerprint density at radius 3 is 2.53 bits per heavy atom. The van der Waals surface area contributed by atoms with Gasteiger partial charge >= 0.3 is 0 Å². The van der Waals surface area contributed by atoms with Crippen LogP contribution in [0.1, 0.15) is 30.8 Å². The van der Waals surface area contributed by atoms with Crippen LogP contribution in [0, 0.1) is 17.1 Å². The van der Waals surface area contributed by atoms with Gasteiger partial charge in [0.15, 0.2) is 0 Å². The lowest BCUT2D eigenvalue weighted by atomic mass is 10.1. The Morgan fingerprint density at radius 1 is 1.25 bits per heavy atom. The number of nitrogens with zero attached hydrogens (tertiary/aromatic N) is 4. The molecule has 8 nitrogen and oxygen atoms in total. The lowest BCUT2D eigenvalue weighted by molar-refractivity contribution is -0.121. The molecule has 0 spiro atoms. The summed E-state index contributed by atoms with van der Waals surface area (Å²) in [5.41, 5.74) is 1.81. The average molecular weight is 458 g/mol. The second kappa shape index (κ2) is 9.46. The zero-order valence-electron chi connectivity index (χ0n) is 18.0. The number of aromatic nitrogens is 2. The van der Waals surface area contributed by atoms with E-state index in [2.05, 4.69) is 10.3 Å². The molecule has 2 aromatic carbocycles. The highest BCUT2D eigenvalue weighted by atomic mass is 32.2. The molecule has 3 rings (SSSR count). The zero-order valence-corrected chi connectivity index (χ0v) is 18.9. The number of imidazole rings is 1. The van der Waals surface area contributed by atoms with E-state index in [0.717, 1.165) is 9.82 Å². The highest BCUT2D eigenvalue weighted by Gasteiger charge is 2.20. The molecule has 1 aromatic heterocycles. The van der Waals surface area contributed by atoms with Gasteiger partial charge in [-0.1, -0.05) is 12.1 Å². The molecule has 0 fully saturated rings. The quantitative estimate of drug-likeness (QED) is 0.560. The van der Waals surface area contributed by atoms with Crippen molar-refractivity contribution < 1.29 is 17.6 Å². The number of nitrogens with one attached hydrogen (secondary N) is 1. The van der Waals surface area contributed by atoms with Crippen molar-refractivity contribution >= 4 is 27.0 Å². The number of carbonyl (C=O) groups is 1. The second-order valence-corrected chi connectivity index (χ2v) is 9.54. The molecule has 3 aromatic rings. The maximum Gasteiger partial charge on any atom is 0.242 e. The van der Waals surface area contributed by atoms with Gasteiger partial charge in [-0.15, -0.1) is 0 Å². The van der Waals surface area contributed by atoms with Gasteiger partial charge in [0.05, 0.1) is 22.0 Å². The molecule has 10 heteroatoms. The highest BCUT2D eigenvalue weighted by molar-refractivity contribution is 7.89. The first kappa shape index (κ1) is 23.4. The van der Waals surface area contributed by atoms with Crippen LogP contribution in [0.15, 0.2) is 47.4 Å². The summed E-state index contributed by atoms with van der Waals surface area (Å²) in [7, 11) is -0.650. The fourth-order valence-corrected chi connectivity index (χ4v) is 4.30. The average Bonchev–Trinajstić information content (AvgIpc) is 3.13. The van der Waals surface area contributed by atoms with Crippen molar-refractivity contribution in [2.24, 2.45) is 0 Å². The van der Waals surface area contributed by atoms with Gasteiger partial charge in [-0.2, -0.15) is 5.26 Å². The minimum Gasteiger partial charge on any atom is -0.337 e. The third kappa shape index (κ3) is 4.79. The summed E-state index contributed by atoms with van der Waals surface area (Å²) in [5.74, 6) is -0.115. The first-order valence-corrected chi connectivity index (χ1v) is 11.5. The molecular weight excluding hydrogens is 433 g/mol. The maximum absolute atomic E-state index is 13.1. The van der Waals surface area contributed by atoms with E-state index in [1.165, 1.54) is 44.4 Å². The van der Waals surface area contributed by atoms with Crippen molar-refractivity contribution in [3.63, 3.8) is 0 Å². The third-order valence-corrected chi connectivity index (χ3v) is 6.92. The van der Waals surface area contributed by atoms with Crippen LogP contribution in [0.25, 0.3) is 11.0 Å². The molecule has 1 heterocycles. The molecule has 0 saturated heterocycles. The fraction of sp³-hybridized carbons (Fsp3) is 0.318. The molecule has 0 radical (unpaired) electrons. The predicted octanol–water partition coefficient (Wildman–Crippen LogP) is 2.76. The summed E-state index contributed by atoms with van der Waals surface area (Å²) in [6.45, 7) is 2.54. The Balaban J connectivity index is 1.77. The van der Waals surface area contributed by atoms with Gasteiger partial charge in [-0.25, -0.2) is 22.1 Å². The van der Waals surface area contributed by atoms with E-state index in [4.69, 9.17) is 0 Å². The molecule has 168 valence electrons. The summed E-state index contributed by atoms with van der Waals surface area (Å²) in [5, 5.41) is 12.0. The standard InChI is InChI=1S/C22H24FN5O3S/c1-4-28-20-10-9-17(32(30,31)27(2)3)13-18(20)25-21(28)11-12-22(29)26-19(14-24)15-5-7-16(23)8-6-15/h5-10,13,19H,4,11-12H2,1-3H3,(H,26,29)/t19-/m0/s1. The van der Waals surface area contributed by atoms with Crippen LogP contribution in [0.2, 0.25) is 0 Å². The molecule has 32 heavy (non-hydrogen) atoms. The second-order valence-electron chi connectivity index (χ2n) is 7.39. The SMILES string of the molecule is CCn1c(CCC(=O)N[C@@H](C#N)c2ccc(F)cc2)nc2cc(S(=O)(=O)N(C)C)ccc21. The Bertz CT molecular complexity index is 1280. The number of amides is 1. The number of hydrogen-bond acceptors (Lipinski definition) is 5. The van der Waals surface area contributed by atoms with Gasteiger partial charge in [-0.3, -0.25) is 4.79 Å². The number of carbonyl (C=O) groups excluding carboxylic acids is 1. The highest BCUT2D eigenvalue weighted by Crippen LogP contribution is 2.23. The molecule has 0 aliphatic carbocycles. The van der Waals surface area contributed by atoms with Crippen molar-refractivity contribution in [1.29, 1.82) is 5.26 Å². The zero-order chi connectivity index (χ0) is 23.5. The molecule has 0 saturated carbocycles. The lowest BCUT2D eigenvalue weighted by Crippen LogP contribution is -2.28. The van der Waals surface area contributed by atoms with E-state index in [9.17, 15) is 22.9 Å². The number of hydrogen-bond donors (Lipinski definition) is 1. The summed E-state index contributed by atoms with van der Waals surface area (Å²) in [6.07, 6.45) is 0.400. The van der Waals surface area contributed by atoms with Crippen LogP contribution >= 0.6 is 0 Å². The van der Waals surface area contributed by atoms with Crippen molar-refractivity contribution in [3.8, 4) is 6.07 Å². The van der Waals surface area contributed by atoms with Gasteiger partial charge in [-0.05, 0) is 42.8 Å². The maximum atomic E-state index is 13.1. The van der Waals surface area contributed by atoms with Crippen LogP contribution in [0.4, 0.5) is 4.39 Å². The van der Waals surface area contributed by atoms with E-state index in [0.29, 0.717) is 29.9 Å². The van der Waals surface area contributed by atoms with Gasteiger partial charge in [0.2, 0.25) is 15.9 Å². The van der Waals surface area contributed by atoms with E-state index in [1.54, 1.807) is 12.1 Å².